The highest BCUT2D eigenvalue weighted by molar-refractivity contribution is 7.99. The molecule has 6 heteroatoms. The Balaban J connectivity index is 1.48. The van der Waals surface area contributed by atoms with E-state index in [0.717, 1.165) is 34.9 Å². The van der Waals surface area contributed by atoms with Gasteiger partial charge in [-0.2, -0.15) is 11.8 Å². The predicted octanol–water partition coefficient (Wildman–Crippen LogP) is 7.47. The fourth-order valence-electron chi connectivity index (χ4n) is 4.65. The van der Waals surface area contributed by atoms with Gasteiger partial charge in [0.1, 0.15) is 11.4 Å². The Morgan fingerprint density at radius 3 is 2.23 bits per heavy atom. The predicted molar refractivity (Wildman–Crippen MR) is 150 cm³/mol. The molecule has 4 nitrogen and oxygen atoms in total. The van der Waals surface area contributed by atoms with E-state index in [0.29, 0.717) is 0 Å². The molecule has 0 amide bonds. The molecule has 5 rings (SSSR count). The number of hydrogen-bond acceptors (Lipinski definition) is 5. The lowest BCUT2D eigenvalue weighted by molar-refractivity contribution is 0.247. The fourth-order valence-corrected chi connectivity index (χ4v) is 6.66. The van der Waals surface area contributed by atoms with Gasteiger partial charge in [0.2, 0.25) is 8.32 Å². The first-order valence-corrected chi connectivity index (χ1v) is 16.9. The summed E-state index contributed by atoms with van der Waals surface area (Å²) < 4.78 is 12.7. The maximum atomic E-state index is 6.51. The third kappa shape index (κ3) is 5.11. The SMILES string of the molecule is CC(C)(C)[Si](C)(C)Oc1ccc(-c2noc(C3(CN4CCSCC4)CC3)c2-c2ccccc2)cc1. The number of aromatic nitrogens is 1. The summed E-state index contributed by atoms with van der Waals surface area (Å²) in [5.74, 6) is 4.46. The van der Waals surface area contributed by atoms with E-state index >= 15 is 0 Å². The Hall–Kier alpha value is -2.02. The average molecular weight is 507 g/mol. The van der Waals surface area contributed by atoms with Gasteiger partial charge in [0.15, 0.2) is 5.76 Å². The lowest BCUT2D eigenvalue weighted by Gasteiger charge is -2.36. The largest absolute Gasteiger partial charge is 0.544 e. The van der Waals surface area contributed by atoms with Crippen LogP contribution in [0.1, 0.15) is 39.4 Å². The Morgan fingerprint density at radius 1 is 0.971 bits per heavy atom. The molecule has 1 saturated heterocycles. The van der Waals surface area contributed by atoms with Crippen LogP contribution in [0.3, 0.4) is 0 Å². The highest BCUT2D eigenvalue weighted by atomic mass is 32.2. The molecule has 1 saturated carbocycles. The third-order valence-corrected chi connectivity index (χ3v) is 13.3. The quantitative estimate of drug-likeness (QED) is 0.311. The first-order valence-electron chi connectivity index (χ1n) is 12.8. The van der Waals surface area contributed by atoms with Crippen LogP contribution in [0.5, 0.6) is 5.75 Å². The minimum atomic E-state index is -1.88. The molecule has 2 heterocycles. The van der Waals surface area contributed by atoms with Gasteiger partial charge in [-0.25, -0.2) is 0 Å². The molecule has 2 aliphatic rings. The minimum Gasteiger partial charge on any atom is -0.544 e. The highest BCUT2D eigenvalue weighted by Crippen LogP contribution is 2.54. The van der Waals surface area contributed by atoms with Crippen molar-refractivity contribution in [1.82, 2.24) is 10.1 Å². The second-order valence-corrected chi connectivity index (χ2v) is 17.6. The molecule has 1 aliphatic carbocycles. The van der Waals surface area contributed by atoms with Gasteiger partial charge in [0, 0.05) is 42.1 Å². The maximum Gasteiger partial charge on any atom is 0.250 e. The van der Waals surface area contributed by atoms with Crippen molar-refractivity contribution >= 4 is 20.1 Å². The van der Waals surface area contributed by atoms with Crippen molar-refractivity contribution in [1.29, 1.82) is 0 Å². The van der Waals surface area contributed by atoms with Crippen LogP contribution in [-0.2, 0) is 5.41 Å². The number of benzene rings is 2. The summed E-state index contributed by atoms with van der Waals surface area (Å²) in [5, 5.41) is 4.84. The molecule has 0 spiro atoms. The fraction of sp³-hybridized carbons (Fsp3) is 0.483. The molecule has 186 valence electrons. The van der Waals surface area contributed by atoms with Gasteiger partial charge in [-0.05, 0) is 60.8 Å². The zero-order chi connectivity index (χ0) is 24.7. The van der Waals surface area contributed by atoms with Crippen molar-refractivity contribution in [2.75, 3.05) is 31.1 Å². The summed E-state index contributed by atoms with van der Waals surface area (Å²) in [4.78, 5) is 2.62. The second kappa shape index (κ2) is 9.45. The number of rotatable bonds is 7. The van der Waals surface area contributed by atoms with Crippen LogP contribution in [0.25, 0.3) is 22.4 Å². The van der Waals surface area contributed by atoms with E-state index in [9.17, 15) is 0 Å². The molecule has 1 aliphatic heterocycles. The van der Waals surface area contributed by atoms with Crippen molar-refractivity contribution in [3.63, 3.8) is 0 Å². The van der Waals surface area contributed by atoms with Crippen molar-refractivity contribution in [3.05, 3.63) is 60.4 Å². The van der Waals surface area contributed by atoms with Gasteiger partial charge in [-0.1, -0.05) is 56.3 Å². The van der Waals surface area contributed by atoms with Crippen LogP contribution in [0.4, 0.5) is 0 Å². The highest BCUT2D eigenvalue weighted by Gasteiger charge is 2.51. The van der Waals surface area contributed by atoms with Gasteiger partial charge in [-0.15, -0.1) is 0 Å². The van der Waals surface area contributed by atoms with E-state index in [-0.39, 0.29) is 10.5 Å². The Kier molecular flexibility index (Phi) is 6.66. The summed E-state index contributed by atoms with van der Waals surface area (Å²) in [5.41, 5.74) is 4.44. The molecule has 1 aromatic heterocycles. The molecular weight excluding hydrogens is 468 g/mol. The molecule has 35 heavy (non-hydrogen) atoms. The van der Waals surface area contributed by atoms with Crippen molar-refractivity contribution in [3.8, 4) is 28.1 Å². The molecule has 0 unspecified atom stereocenters. The Bertz CT molecular complexity index is 1140. The molecule has 0 bridgehead atoms. The van der Waals surface area contributed by atoms with Gasteiger partial charge in [0.25, 0.3) is 0 Å². The topological polar surface area (TPSA) is 38.5 Å². The smallest absolute Gasteiger partial charge is 0.250 e. The van der Waals surface area contributed by atoms with Crippen molar-refractivity contribution < 1.29 is 8.95 Å². The first kappa shape index (κ1) is 24.7. The van der Waals surface area contributed by atoms with Gasteiger partial charge in [-0.3, -0.25) is 0 Å². The van der Waals surface area contributed by atoms with E-state index in [4.69, 9.17) is 8.95 Å². The molecule has 2 aromatic carbocycles. The second-order valence-electron chi connectivity index (χ2n) is 11.7. The van der Waals surface area contributed by atoms with Crippen LogP contribution in [-0.4, -0.2) is 49.5 Å². The van der Waals surface area contributed by atoms with Crippen LogP contribution >= 0.6 is 11.8 Å². The van der Waals surface area contributed by atoms with Crippen molar-refractivity contribution in [2.24, 2.45) is 0 Å². The summed E-state index contributed by atoms with van der Waals surface area (Å²) in [6.45, 7) is 14.8. The molecule has 0 N–H and O–H groups in total. The lowest BCUT2D eigenvalue weighted by atomic mass is 9.91. The van der Waals surface area contributed by atoms with Crippen LogP contribution in [0.2, 0.25) is 18.1 Å². The summed E-state index contributed by atoms with van der Waals surface area (Å²) in [6.07, 6.45) is 2.34. The molecule has 0 atom stereocenters. The van der Waals surface area contributed by atoms with E-state index in [1.807, 2.05) is 0 Å². The number of hydrogen-bond donors (Lipinski definition) is 0. The summed E-state index contributed by atoms with van der Waals surface area (Å²) >= 11 is 2.06. The standard InChI is InChI=1S/C29H38N2O2SSi/c1-28(2,3)35(4,5)33-24-13-11-23(12-14-24)26-25(22-9-7-6-8-10-22)27(32-30-26)29(15-16-29)21-31-17-19-34-20-18-31/h6-14H,15-21H2,1-5H3. The monoisotopic (exact) mass is 506 g/mol. The van der Waals surface area contributed by atoms with Crippen LogP contribution in [0, 0.1) is 0 Å². The van der Waals surface area contributed by atoms with E-state index in [1.165, 1.54) is 43.0 Å². The molecule has 3 aromatic rings. The van der Waals surface area contributed by atoms with Crippen LogP contribution in [0.15, 0.2) is 59.1 Å². The van der Waals surface area contributed by atoms with Gasteiger partial charge >= 0.3 is 0 Å². The normalized spacial score (nSPS) is 18.4. The first-order chi connectivity index (χ1) is 16.7. The lowest BCUT2D eigenvalue weighted by Crippen LogP contribution is -2.43. The zero-order valence-electron chi connectivity index (χ0n) is 21.8. The Labute approximate surface area is 215 Å². The van der Waals surface area contributed by atoms with Crippen LogP contribution < -0.4 is 4.43 Å². The number of nitrogens with zero attached hydrogens (tertiary/aromatic N) is 2. The average Bonchev–Trinajstić information content (AvgIpc) is 3.46. The van der Waals surface area contributed by atoms with Gasteiger partial charge in [0.05, 0.1) is 5.56 Å². The molecule has 2 fully saturated rings. The zero-order valence-corrected chi connectivity index (χ0v) is 23.6. The molecular formula is C29H38N2O2SSi. The summed E-state index contributed by atoms with van der Waals surface area (Å²) in [7, 11) is -1.88. The number of thioether (sulfide) groups is 1. The van der Waals surface area contributed by atoms with E-state index < -0.39 is 8.32 Å². The van der Waals surface area contributed by atoms with E-state index in [2.05, 4.69) is 110 Å². The maximum absolute atomic E-state index is 6.51. The van der Waals surface area contributed by atoms with E-state index in [1.54, 1.807) is 0 Å². The van der Waals surface area contributed by atoms with Crippen molar-refractivity contribution in [2.45, 2.75) is 57.2 Å². The Morgan fingerprint density at radius 2 is 1.63 bits per heavy atom. The third-order valence-electron chi connectivity index (χ3n) is 8.03. The van der Waals surface area contributed by atoms with Gasteiger partial charge < -0.3 is 13.8 Å². The minimum absolute atomic E-state index is 0.0871. The summed E-state index contributed by atoms with van der Waals surface area (Å²) in [6, 6.07) is 19.1. The molecule has 0 radical (unpaired) electrons.